The predicted octanol–water partition coefficient (Wildman–Crippen LogP) is 3.71. The van der Waals surface area contributed by atoms with Gasteiger partial charge in [0, 0.05) is 7.05 Å². The fraction of sp³-hybridized carbons (Fsp3) is 0.217. The maximum atomic E-state index is 12.9. The number of nitrogens with one attached hydrogen (secondary N) is 2. The van der Waals surface area contributed by atoms with Crippen LogP contribution in [0.5, 0.6) is 0 Å². The number of anilines is 2. The number of benzene rings is 2. The van der Waals surface area contributed by atoms with Gasteiger partial charge in [0.2, 0.25) is 11.8 Å². The van der Waals surface area contributed by atoms with Crippen molar-refractivity contribution in [3.8, 4) is 5.69 Å². The van der Waals surface area contributed by atoms with Crippen molar-refractivity contribution in [1.29, 1.82) is 0 Å². The molecule has 8 nitrogen and oxygen atoms in total. The highest BCUT2D eigenvalue weighted by Gasteiger charge is 2.18. The van der Waals surface area contributed by atoms with Gasteiger partial charge in [-0.3, -0.25) is 19.1 Å². The summed E-state index contributed by atoms with van der Waals surface area (Å²) in [6, 6.07) is 15.1. The Morgan fingerprint density at radius 2 is 1.73 bits per heavy atom. The molecule has 4 aromatic rings. The first-order chi connectivity index (χ1) is 15.8. The Bertz CT molecular complexity index is 1390. The van der Waals surface area contributed by atoms with Crippen LogP contribution in [0.25, 0.3) is 15.9 Å². The zero-order valence-corrected chi connectivity index (χ0v) is 20.0. The van der Waals surface area contributed by atoms with Crippen LogP contribution in [-0.4, -0.2) is 37.7 Å². The molecule has 33 heavy (non-hydrogen) atoms. The van der Waals surface area contributed by atoms with E-state index in [0.29, 0.717) is 16.5 Å². The van der Waals surface area contributed by atoms with Crippen molar-refractivity contribution in [2.24, 2.45) is 7.05 Å². The Labute approximate surface area is 198 Å². The van der Waals surface area contributed by atoms with Crippen LogP contribution in [0.4, 0.5) is 10.8 Å². The van der Waals surface area contributed by atoms with Crippen LogP contribution in [0.15, 0.2) is 53.3 Å². The molecule has 2 aromatic heterocycles. The van der Waals surface area contributed by atoms with Gasteiger partial charge in [0.1, 0.15) is 5.69 Å². The highest BCUT2D eigenvalue weighted by atomic mass is 32.2. The van der Waals surface area contributed by atoms with Crippen LogP contribution in [0, 0.1) is 13.8 Å². The number of amides is 2. The van der Waals surface area contributed by atoms with E-state index in [9.17, 15) is 14.4 Å². The number of para-hydroxylation sites is 1. The summed E-state index contributed by atoms with van der Waals surface area (Å²) in [7, 11) is 1.77. The highest BCUT2D eigenvalue weighted by Crippen LogP contribution is 2.26. The predicted molar refractivity (Wildman–Crippen MR) is 135 cm³/mol. The van der Waals surface area contributed by atoms with E-state index in [1.807, 2.05) is 55.5 Å². The Morgan fingerprint density at radius 3 is 2.45 bits per heavy atom. The summed E-state index contributed by atoms with van der Waals surface area (Å²) >= 11 is 2.59. The minimum absolute atomic E-state index is 0.0472. The summed E-state index contributed by atoms with van der Waals surface area (Å²) in [4.78, 5) is 42.0. The molecule has 2 heterocycles. The molecule has 0 spiro atoms. The van der Waals surface area contributed by atoms with Crippen molar-refractivity contribution in [1.82, 2.24) is 14.3 Å². The smallest absolute Gasteiger partial charge is 0.295 e. The van der Waals surface area contributed by atoms with Crippen LogP contribution in [0.3, 0.4) is 0 Å². The molecule has 0 aliphatic carbocycles. The number of thiazole rings is 1. The maximum Gasteiger partial charge on any atom is 0.295 e. The fourth-order valence-electron chi connectivity index (χ4n) is 3.36. The molecule has 170 valence electrons. The van der Waals surface area contributed by atoms with Crippen molar-refractivity contribution in [3.05, 3.63) is 70.1 Å². The molecule has 4 rings (SSSR count). The Hall–Kier alpha value is -3.37. The molecule has 0 atom stereocenters. The van der Waals surface area contributed by atoms with Gasteiger partial charge >= 0.3 is 0 Å². The summed E-state index contributed by atoms with van der Waals surface area (Å²) in [5, 5.41) is 6.01. The number of nitrogens with zero attached hydrogens (tertiary/aromatic N) is 3. The lowest BCUT2D eigenvalue weighted by Crippen LogP contribution is -2.24. The molecular weight excluding hydrogens is 458 g/mol. The first-order valence-corrected chi connectivity index (χ1v) is 12.2. The van der Waals surface area contributed by atoms with Crippen LogP contribution in [0.2, 0.25) is 0 Å². The molecule has 10 heteroatoms. The number of aryl methyl sites for hydroxylation is 1. The lowest BCUT2D eigenvalue weighted by molar-refractivity contribution is -0.114. The minimum Gasteiger partial charge on any atom is -0.319 e. The Kier molecular flexibility index (Phi) is 6.66. The van der Waals surface area contributed by atoms with Gasteiger partial charge in [0.25, 0.3) is 5.56 Å². The SMILES string of the molecule is Cc1ccc2nc(NC(=O)CSCC(=O)Nc3c(C)n(C)n(-c4ccccc4)c3=O)sc2c1. The van der Waals surface area contributed by atoms with Gasteiger partial charge in [-0.05, 0) is 43.7 Å². The summed E-state index contributed by atoms with van der Waals surface area (Å²) in [6.07, 6.45) is 0. The first-order valence-electron chi connectivity index (χ1n) is 10.2. The second-order valence-corrected chi connectivity index (χ2v) is 9.53. The number of rotatable bonds is 7. The summed E-state index contributed by atoms with van der Waals surface area (Å²) in [5.74, 6) is -0.421. The molecule has 0 saturated heterocycles. The van der Waals surface area contributed by atoms with E-state index in [2.05, 4.69) is 15.6 Å². The van der Waals surface area contributed by atoms with Gasteiger partial charge in [0.15, 0.2) is 5.13 Å². The third-order valence-electron chi connectivity index (χ3n) is 5.08. The molecule has 0 fully saturated rings. The van der Waals surface area contributed by atoms with E-state index in [0.717, 1.165) is 15.8 Å². The number of hydrogen-bond acceptors (Lipinski definition) is 6. The summed E-state index contributed by atoms with van der Waals surface area (Å²) < 4.78 is 4.22. The zero-order valence-electron chi connectivity index (χ0n) is 18.4. The molecule has 0 unspecified atom stereocenters. The molecule has 0 radical (unpaired) electrons. The number of carbonyl (C=O) groups excluding carboxylic acids is 2. The van der Waals surface area contributed by atoms with E-state index < -0.39 is 0 Å². The summed E-state index contributed by atoms with van der Waals surface area (Å²) in [5.41, 5.74) is 3.27. The van der Waals surface area contributed by atoms with E-state index >= 15 is 0 Å². The van der Waals surface area contributed by atoms with Gasteiger partial charge < -0.3 is 10.6 Å². The number of aromatic nitrogens is 3. The van der Waals surface area contributed by atoms with Gasteiger partial charge in [0.05, 0.1) is 33.1 Å². The summed E-state index contributed by atoms with van der Waals surface area (Å²) in [6.45, 7) is 3.78. The minimum atomic E-state index is -0.339. The van der Waals surface area contributed by atoms with Gasteiger partial charge in [-0.2, -0.15) is 0 Å². The van der Waals surface area contributed by atoms with E-state index in [1.165, 1.54) is 27.8 Å². The molecule has 2 N–H and O–H groups in total. The average Bonchev–Trinajstić information content (AvgIpc) is 3.27. The van der Waals surface area contributed by atoms with Crippen molar-refractivity contribution in [3.63, 3.8) is 0 Å². The molecule has 0 saturated carbocycles. The van der Waals surface area contributed by atoms with Crippen LogP contribution in [-0.2, 0) is 16.6 Å². The van der Waals surface area contributed by atoms with Crippen LogP contribution < -0.4 is 16.2 Å². The average molecular weight is 482 g/mol. The third-order valence-corrected chi connectivity index (χ3v) is 6.94. The van der Waals surface area contributed by atoms with Gasteiger partial charge in [-0.1, -0.05) is 35.6 Å². The van der Waals surface area contributed by atoms with E-state index in [-0.39, 0.29) is 34.6 Å². The molecule has 0 aliphatic rings. The van der Waals surface area contributed by atoms with Crippen molar-refractivity contribution >= 4 is 55.9 Å². The van der Waals surface area contributed by atoms with Crippen molar-refractivity contribution in [2.75, 3.05) is 22.1 Å². The zero-order chi connectivity index (χ0) is 23.5. The van der Waals surface area contributed by atoms with Crippen molar-refractivity contribution < 1.29 is 9.59 Å². The van der Waals surface area contributed by atoms with E-state index in [4.69, 9.17) is 0 Å². The lowest BCUT2D eigenvalue weighted by atomic mass is 10.2. The number of fused-ring (bicyclic) bond motifs is 1. The monoisotopic (exact) mass is 481 g/mol. The molecular formula is C23H23N5O3S2. The second-order valence-electron chi connectivity index (χ2n) is 7.52. The van der Waals surface area contributed by atoms with E-state index in [1.54, 1.807) is 18.7 Å². The Morgan fingerprint density at radius 1 is 1.03 bits per heavy atom. The number of thioether (sulfide) groups is 1. The molecule has 2 aromatic carbocycles. The topological polar surface area (TPSA) is 98.0 Å². The quantitative estimate of drug-likeness (QED) is 0.419. The second kappa shape index (κ2) is 9.63. The number of hydrogen-bond donors (Lipinski definition) is 2. The highest BCUT2D eigenvalue weighted by molar-refractivity contribution is 8.00. The molecule has 0 bridgehead atoms. The maximum absolute atomic E-state index is 12.9. The number of carbonyl (C=O) groups is 2. The normalized spacial score (nSPS) is 11.0. The first kappa shape index (κ1) is 22.8. The standard InChI is InChI=1S/C23H23N5O3S2/c1-14-9-10-17-18(11-14)33-23(24-17)26-20(30)13-32-12-19(29)25-21-15(2)27(3)28(22(21)31)16-7-5-4-6-8-16/h4-11H,12-13H2,1-3H3,(H,25,29)(H,24,26,30). The Balaban J connectivity index is 1.33. The third kappa shape index (κ3) is 5.01. The lowest BCUT2D eigenvalue weighted by Gasteiger charge is -2.07. The van der Waals surface area contributed by atoms with Crippen LogP contribution in [0.1, 0.15) is 11.3 Å². The fourth-order valence-corrected chi connectivity index (χ4v) is 4.96. The van der Waals surface area contributed by atoms with Crippen LogP contribution >= 0.6 is 23.1 Å². The molecule has 0 aliphatic heterocycles. The van der Waals surface area contributed by atoms with Crippen molar-refractivity contribution in [2.45, 2.75) is 13.8 Å². The molecule has 2 amide bonds. The van der Waals surface area contributed by atoms with Gasteiger partial charge in [-0.25, -0.2) is 9.67 Å². The van der Waals surface area contributed by atoms with Gasteiger partial charge in [-0.15, -0.1) is 11.8 Å². The largest absolute Gasteiger partial charge is 0.319 e.